The van der Waals surface area contributed by atoms with Crippen molar-refractivity contribution in [3.05, 3.63) is 65.7 Å². The third-order valence-corrected chi connectivity index (χ3v) is 4.96. The topological polar surface area (TPSA) is 119 Å². The van der Waals surface area contributed by atoms with Gasteiger partial charge in [-0.25, -0.2) is 4.79 Å². The molecule has 0 bridgehead atoms. The summed E-state index contributed by atoms with van der Waals surface area (Å²) in [6, 6.07) is 12.9. The van der Waals surface area contributed by atoms with Crippen molar-refractivity contribution in [2.45, 2.75) is 31.3 Å². The molecule has 30 heavy (non-hydrogen) atoms. The maximum absolute atomic E-state index is 13.3. The number of methoxy groups -OCH3 is 1. The summed E-state index contributed by atoms with van der Waals surface area (Å²) < 4.78 is 4.91. The van der Waals surface area contributed by atoms with Crippen molar-refractivity contribution < 1.29 is 23.9 Å². The molecule has 0 saturated carbocycles. The van der Waals surface area contributed by atoms with Gasteiger partial charge in [-0.3, -0.25) is 19.3 Å². The molecule has 2 atom stereocenters. The summed E-state index contributed by atoms with van der Waals surface area (Å²) in [6.45, 7) is 0. The molecule has 1 saturated heterocycles. The molecule has 1 heterocycles. The summed E-state index contributed by atoms with van der Waals surface area (Å²) in [5, 5.41) is 2.57. The van der Waals surface area contributed by atoms with Crippen molar-refractivity contribution >= 4 is 29.4 Å². The summed E-state index contributed by atoms with van der Waals surface area (Å²) in [5.41, 5.74) is 7.23. The number of nitrogen functional groups attached to an aromatic ring is 1. The molecule has 1 fully saturated rings. The normalized spacial score (nSPS) is 16.4. The fraction of sp³-hybridized carbons (Fsp3) is 0.273. The summed E-state index contributed by atoms with van der Waals surface area (Å²) in [5.74, 6) is -2.27. The van der Waals surface area contributed by atoms with E-state index < -0.39 is 29.9 Å². The number of hydrogen-bond acceptors (Lipinski definition) is 6. The van der Waals surface area contributed by atoms with Gasteiger partial charge >= 0.3 is 5.97 Å². The van der Waals surface area contributed by atoms with E-state index in [1.807, 2.05) is 0 Å². The van der Waals surface area contributed by atoms with E-state index in [2.05, 4.69) is 5.32 Å². The number of nitrogens with two attached hydrogens (primary N) is 1. The van der Waals surface area contributed by atoms with Gasteiger partial charge in [-0.2, -0.15) is 0 Å². The minimum Gasteiger partial charge on any atom is -0.467 e. The second-order valence-electron chi connectivity index (χ2n) is 7.02. The Morgan fingerprint density at radius 2 is 1.80 bits per heavy atom. The van der Waals surface area contributed by atoms with Crippen molar-refractivity contribution in [2.75, 3.05) is 12.8 Å². The predicted octanol–water partition coefficient (Wildman–Crippen LogP) is 1.30. The van der Waals surface area contributed by atoms with Crippen LogP contribution in [0.4, 0.5) is 5.69 Å². The molecule has 1 aliphatic heterocycles. The van der Waals surface area contributed by atoms with Crippen molar-refractivity contribution in [1.29, 1.82) is 0 Å². The molecule has 3 rings (SSSR count). The van der Waals surface area contributed by atoms with E-state index in [0.29, 0.717) is 11.3 Å². The van der Waals surface area contributed by atoms with Gasteiger partial charge in [0.15, 0.2) is 0 Å². The van der Waals surface area contributed by atoms with Gasteiger partial charge < -0.3 is 15.8 Å². The van der Waals surface area contributed by atoms with Crippen LogP contribution in [0.5, 0.6) is 0 Å². The quantitative estimate of drug-likeness (QED) is 0.422. The van der Waals surface area contributed by atoms with Gasteiger partial charge in [0.05, 0.1) is 7.11 Å². The van der Waals surface area contributed by atoms with E-state index in [4.69, 9.17) is 10.5 Å². The Balaban J connectivity index is 2.00. The number of imide groups is 1. The summed E-state index contributed by atoms with van der Waals surface area (Å²) >= 11 is 0. The molecule has 0 spiro atoms. The van der Waals surface area contributed by atoms with Gasteiger partial charge in [-0.1, -0.05) is 30.3 Å². The molecule has 3 amide bonds. The second kappa shape index (κ2) is 9.21. The lowest BCUT2D eigenvalue weighted by Gasteiger charge is -2.30. The summed E-state index contributed by atoms with van der Waals surface area (Å²) in [4.78, 5) is 51.8. The standard InChI is InChI=1S/C22H23N3O5/c1-30-22(29)18(13-14-7-9-16(23)10-8-14)25(20(27)15-5-3-2-4-6-15)21(28)17-11-12-19(26)24-17/h2-10,17-18H,11-13,23H2,1H3,(H,24,26)/t17-,18-/m0/s1. The van der Waals surface area contributed by atoms with Crippen LogP contribution in [0.15, 0.2) is 54.6 Å². The molecule has 1 aliphatic rings. The number of esters is 1. The molecule has 8 heteroatoms. The molecule has 0 aromatic heterocycles. The number of nitrogens with zero attached hydrogens (tertiary/aromatic N) is 1. The lowest BCUT2D eigenvalue weighted by atomic mass is 10.0. The molecule has 0 unspecified atom stereocenters. The molecule has 0 aliphatic carbocycles. The van der Waals surface area contributed by atoms with Crippen LogP contribution < -0.4 is 11.1 Å². The van der Waals surface area contributed by atoms with Crippen LogP contribution in [0, 0.1) is 0 Å². The van der Waals surface area contributed by atoms with Crippen molar-refractivity contribution in [2.24, 2.45) is 0 Å². The number of carbonyl (C=O) groups excluding carboxylic acids is 4. The molecular formula is C22H23N3O5. The fourth-order valence-electron chi connectivity index (χ4n) is 3.38. The Hall–Kier alpha value is -3.68. The third kappa shape index (κ3) is 4.65. The van der Waals surface area contributed by atoms with Crippen molar-refractivity contribution in [3.63, 3.8) is 0 Å². The molecular weight excluding hydrogens is 386 g/mol. The lowest BCUT2D eigenvalue weighted by Crippen LogP contribution is -2.55. The molecule has 2 aromatic carbocycles. The SMILES string of the molecule is COC(=O)[C@H](Cc1ccc(N)cc1)N(C(=O)c1ccccc1)C(=O)[C@@H]1CCC(=O)N1. The van der Waals surface area contributed by atoms with Crippen LogP contribution >= 0.6 is 0 Å². The van der Waals surface area contributed by atoms with Gasteiger partial charge in [0.2, 0.25) is 5.91 Å². The van der Waals surface area contributed by atoms with Gasteiger partial charge in [-0.15, -0.1) is 0 Å². The summed E-state index contributed by atoms with van der Waals surface area (Å²) in [6.07, 6.45) is 0.495. The first-order valence-corrected chi connectivity index (χ1v) is 9.54. The first-order chi connectivity index (χ1) is 14.4. The van der Waals surface area contributed by atoms with E-state index in [0.717, 1.165) is 4.90 Å². The molecule has 3 N–H and O–H groups in total. The zero-order valence-electron chi connectivity index (χ0n) is 16.5. The number of benzene rings is 2. The Labute approximate surface area is 174 Å². The highest BCUT2D eigenvalue weighted by Crippen LogP contribution is 2.20. The Bertz CT molecular complexity index is 943. The van der Waals surface area contributed by atoms with Crippen LogP contribution in [0.3, 0.4) is 0 Å². The number of carbonyl (C=O) groups is 4. The smallest absolute Gasteiger partial charge is 0.329 e. The maximum Gasteiger partial charge on any atom is 0.329 e. The van der Waals surface area contributed by atoms with Gasteiger partial charge in [0, 0.05) is 24.1 Å². The number of hydrogen-bond donors (Lipinski definition) is 2. The Kier molecular flexibility index (Phi) is 6.46. The third-order valence-electron chi connectivity index (χ3n) is 4.96. The summed E-state index contributed by atoms with van der Waals surface area (Å²) in [7, 11) is 1.20. The minimum absolute atomic E-state index is 0.0535. The first-order valence-electron chi connectivity index (χ1n) is 9.54. The largest absolute Gasteiger partial charge is 0.467 e. The molecule has 8 nitrogen and oxygen atoms in total. The van der Waals surface area contributed by atoms with Crippen LogP contribution in [-0.4, -0.2) is 47.8 Å². The lowest BCUT2D eigenvalue weighted by molar-refractivity contribution is -0.151. The maximum atomic E-state index is 13.3. The number of nitrogens with one attached hydrogen (secondary N) is 1. The van der Waals surface area contributed by atoms with E-state index in [-0.39, 0.29) is 30.7 Å². The van der Waals surface area contributed by atoms with Crippen LogP contribution in [-0.2, 0) is 25.5 Å². The monoisotopic (exact) mass is 409 g/mol. The van der Waals surface area contributed by atoms with Crippen LogP contribution in [0.1, 0.15) is 28.8 Å². The van der Waals surface area contributed by atoms with Gasteiger partial charge in [-0.05, 0) is 36.2 Å². The highest BCUT2D eigenvalue weighted by molar-refractivity contribution is 6.09. The highest BCUT2D eigenvalue weighted by atomic mass is 16.5. The molecule has 2 aromatic rings. The van der Waals surface area contributed by atoms with E-state index in [1.54, 1.807) is 54.6 Å². The van der Waals surface area contributed by atoms with Gasteiger partial charge in [0.1, 0.15) is 12.1 Å². The Morgan fingerprint density at radius 1 is 1.13 bits per heavy atom. The predicted molar refractivity (Wildman–Crippen MR) is 109 cm³/mol. The van der Waals surface area contributed by atoms with Crippen LogP contribution in [0.25, 0.3) is 0 Å². The molecule has 156 valence electrons. The average molecular weight is 409 g/mol. The fourth-order valence-corrected chi connectivity index (χ4v) is 3.38. The number of rotatable bonds is 6. The number of anilines is 1. The van der Waals surface area contributed by atoms with Gasteiger partial charge in [0.25, 0.3) is 11.8 Å². The van der Waals surface area contributed by atoms with E-state index >= 15 is 0 Å². The zero-order chi connectivity index (χ0) is 21.7. The number of amides is 3. The highest BCUT2D eigenvalue weighted by Gasteiger charge is 2.41. The first kappa shape index (κ1) is 21.0. The van der Waals surface area contributed by atoms with Crippen molar-refractivity contribution in [1.82, 2.24) is 10.2 Å². The average Bonchev–Trinajstić information content (AvgIpc) is 3.20. The Morgan fingerprint density at radius 3 is 2.37 bits per heavy atom. The second-order valence-corrected chi connectivity index (χ2v) is 7.02. The van der Waals surface area contributed by atoms with Crippen molar-refractivity contribution in [3.8, 4) is 0 Å². The van der Waals surface area contributed by atoms with E-state index in [9.17, 15) is 19.2 Å². The minimum atomic E-state index is -1.20. The van der Waals surface area contributed by atoms with Crippen LogP contribution in [0.2, 0.25) is 0 Å². The zero-order valence-corrected chi connectivity index (χ0v) is 16.5. The molecule has 0 radical (unpaired) electrons. The van der Waals surface area contributed by atoms with E-state index in [1.165, 1.54) is 7.11 Å². The number of ether oxygens (including phenoxy) is 1.